The van der Waals surface area contributed by atoms with Crippen LogP contribution in [-0.2, 0) is 22.1 Å². The predicted molar refractivity (Wildman–Crippen MR) is 89.7 cm³/mol. The highest BCUT2D eigenvalue weighted by Crippen LogP contribution is 2.29. The van der Waals surface area contributed by atoms with E-state index < -0.39 is 18.0 Å². The van der Waals surface area contributed by atoms with E-state index >= 15 is 0 Å². The first-order chi connectivity index (χ1) is 12.3. The molecule has 0 saturated carbocycles. The molecular formula is C19H20F3NO3. The SMILES string of the molecule is CCOC(OCC)c1cccc(C(=O)Cc2cccc(C(F)(F)F)c2)n1. The minimum absolute atomic E-state index is 0.157. The molecule has 0 aliphatic rings. The van der Waals surface area contributed by atoms with Gasteiger partial charge in [0, 0.05) is 19.6 Å². The summed E-state index contributed by atoms with van der Waals surface area (Å²) in [5.74, 6) is -0.377. The van der Waals surface area contributed by atoms with E-state index in [0.29, 0.717) is 18.9 Å². The largest absolute Gasteiger partial charge is 0.416 e. The molecule has 0 spiro atoms. The number of nitrogens with zero attached hydrogens (tertiary/aromatic N) is 1. The molecule has 140 valence electrons. The van der Waals surface area contributed by atoms with Crippen LogP contribution in [0.25, 0.3) is 0 Å². The van der Waals surface area contributed by atoms with Gasteiger partial charge in [0.25, 0.3) is 0 Å². The monoisotopic (exact) mass is 367 g/mol. The molecule has 0 aliphatic carbocycles. The molecule has 0 saturated heterocycles. The fraction of sp³-hybridized carbons (Fsp3) is 0.368. The Bertz CT molecular complexity index is 741. The second-order valence-corrected chi connectivity index (χ2v) is 5.49. The number of halogens is 3. The standard InChI is InChI=1S/C19H20F3NO3/c1-3-25-18(26-4-2)16-10-6-9-15(23-16)17(24)12-13-7-5-8-14(11-13)19(20,21)22/h5-11,18H,3-4,12H2,1-2H3. The lowest BCUT2D eigenvalue weighted by Crippen LogP contribution is -2.14. The van der Waals surface area contributed by atoms with Crippen molar-refractivity contribution in [3.05, 3.63) is 65.0 Å². The Morgan fingerprint density at radius 3 is 2.35 bits per heavy atom. The summed E-state index contributed by atoms with van der Waals surface area (Å²) in [6.45, 7) is 4.45. The number of ether oxygens (including phenoxy) is 2. The van der Waals surface area contributed by atoms with Crippen LogP contribution in [0.15, 0.2) is 42.5 Å². The first kappa shape index (κ1) is 20.1. The third-order valence-corrected chi connectivity index (χ3v) is 3.55. The molecular weight excluding hydrogens is 347 g/mol. The maximum atomic E-state index is 12.8. The molecule has 0 aliphatic heterocycles. The zero-order valence-corrected chi connectivity index (χ0v) is 14.5. The number of rotatable bonds is 8. The van der Waals surface area contributed by atoms with E-state index in [4.69, 9.17) is 9.47 Å². The first-order valence-corrected chi connectivity index (χ1v) is 8.24. The number of carbonyl (C=O) groups excluding carboxylic acids is 1. The van der Waals surface area contributed by atoms with Crippen molar-refractivity contribution in [3.63, 3.8) is 0 Å². The molecule has 0 radical (unpaired) electrons. The molecule has 0 unspecified atom stereocenters. The third-order valence-electron chi connectivity index (χ3n) is 3.55. The number of Topliss-reactive ketones (excluding diaryl/α,β-unsaturated/α-hetero) is 1. The zero-order valence-electron chi connectivity index (χ0n) is 14.5. The van der Waals surface area contributed by atoms with Gasteiger partial charge < -0.3 is 9.47 Å². The molecule has 0 N–H and O–H groups in total. The van der Waals surface area contributed by atoms with E-state index in [9.17, 15) is 18.0 Å². The van der Waals surface area contributed by atoms with Crippen molar-refractivity contribution < 1.29 is 27.4 Å². The minimum atomic E-state index is -4.45. The summed E-state index contributed by atoms with van der Waals surface area (Å²) < 4.78 is 49.3. The normalized spacial score (nSPS) is 11.8. The summed E-state index contributed by atoms with van der Waals surface area (Å²) in [5.41, 5.74) is 0.105. The molecule has 2 aromatic rings. The molecule has 1 aromatic heterocycles. The quantitative estimate of drug-likeness (QED) is 0.505. The predicted octanol–water partition coefficient (Wildman–Crippen LogP) is 4.60. The van der Waals surface area contributed by atoms with Crippen LogP contribution in [0.4, 0.5) is 13.2 Å². The van der Waals surface area contributed by atoms with Gasteiger partial charge in [-0.1, -0.05) is 24.3 Å². The number of hydrogen-bond donors (Lipinski definition) is 0. The average molecular weight is 367 g/mol. The van der Waals surface area contributed by atoms with E-state index in [1.165, 1.54) is 18.2 Å². The topological polar surface area (TPSA) is 48.4 Å². The lowest BCUT2D eigenvalue weighted by Gasteiger charge is -2.16. The van der Waals surface area contributed by atoms with E-state index in [-0.39, 0.29) is 23.5 Å². The van der Waals surface area contributed by atoms with Gasteiger partial charge >= 0.3 is 6.18 Å². The maximum Gasteiger partial charge on any atom is 0.416 e. The van der Waals surface area contributed by atoms with Crippen LogP contribution >= 0.6 is 0 Å². The molecule has 26 heavy (non-hydrogen) atoms. The van der Waals surface area contributed by atoms with Crippen molar-refractivity contribution in [2.75, 3.05) is 13.2 Å². The number of carbonyl (C=O) groups is 1. The Labute approximate surface area is 150 Å². The Kier molecular flexibility index (Phi) is 6.88. The van der Waals surface area contributed by atoms with Crippen LogP contribution in [0.3, 0.4) is 0 Å². The van der Waals surface area contributed by atoms with Gasteiger partial charge in [0.05, 0.1) is 11.3 Å². The molecule has 1 aromatic carbocycles. The van der Waals surface area contributed by atoms with Gasteiger partial charge in [-0.25, -0.2) is 4.98 Å². The van der Waals surface area contributed by atoms with Gasteiger partial charge in [-0.2, -0.15) is 13.2 Å². The maximum absolute atomic E-state index is 12.8. The summed E-state index contributed by atoms with van der Waals surface area (Å²) in [6.07, 6.45) is -5.31. The van der Waals surface area contributed by atoms with E-state index in [2.05, 4.69) is 4.98 Å². The molecule has 4 nitrogen and oxygen atoms in total. The number of aromatic nitrogens is 1. The number of hydrogen-bond acceptors (Lipinski definition) is 4. The Balaban J connectivity index is 2.19. The molecule has 0 amide bonds. The molecule has 0 atom stereocenters. The highest BCUT2D eigenvalue weighted by atomic mass is 19.4. The van der Waals surface area contributed by atoms with Gasteiger partial charge in [-0.3, -0.25) is 4.79 Å². The summed E-state index contributed by atoms with van der Waals surface area (Å²) in [7, 11) is 0. The minimum Gasteiger partial charge on any atom is -0.347 e. The van der Waals surface area contributed by atoms with Crippen LogP contribution in [0.5, 0.6) is 0 Å². The number of pyridine rings is 1. The Morgan fingerprint density at radius 1 is 1.08 bits per heavy atom. The van der Waals surface area contributed by atoms with Gasteiger partial charge in [-0.15, -0.1) is 0 Å². The average Bonchev–Trinajstić information content (AvgIpc) is 2.61. The van der Waals surface area contributed by atoms with Crippen LogP contribution in [-0.4, -0.2) is 24.0 Å². The van der Waals surface area contributed by atoms with E-state index in [0.717, 1.165) is 12.1 Å². The second kappa shape index (κ2) is 8.91. The highest BCUT2D eigenvalue weighted by Gasteiger charge is 2.30. The van der Waals surface area contributed by atoms with Crippen LogP contribution in [0.1, 0.15) is 47.4 Å². The Morgan fingerprint density at radius 2 is 1.73 bits per heavy atom. The van der Waals surface area contributed by atoms with Crippen LogP contribution in [0.2, 0.25) is 0 Å². The summed E-state index contributed by atoms with van der Waals surface area (Å²) >= 11 is 0. The van der Waals surface area contributed by atoms with Crippen molar-refractivity contribution in [2.24, 2.45) is 0 Å². The summed E-state index contributed by atoms with van der Waals surface area (Å²) in [4.78, 5) is 16.7. The molecule has 0 fully saturated rings. The molecule has 7 heteroatoms. The number of benzene rings is 1. The third kappa shape index (κ3) is 5.37. The van der Waals surface area contributed by atoms with Gasteiger partial charge in [0.1, 0.15) is 5.69 Å². The van der Waals surface area contributed by atoms with Crippen molar-refractivity contribution in [1.29, 1.82) is 0 Å². The second-order valence-electron chi connectivity index (χ2n) is 5.49. The lowest BCUT2D eigenvalue weighted by atomic mass is 10.0. The van der Waals surface area contributed by atoms with E-state index in [1.807, 2.05) is 13.8 Å². The smallest absolute Gasteiger partial charge is 0.347 e. The van der Waals surface area contributed by atoms with Gasteiger partial charge in [-0.05, 0) is 37.6 Å². The van der Waals surface area contributed by atoms with Crippen LogP contribution in [0, 0.1) is 0 Å². The van der Waals surface area contributed by atoms with Gasteiger partial charge in [0.15, 0.2) is 5.78 Å². The number of ketones is 1. The Hall–Kier alpha value is -2.25. The van der Waals surface area contributed by atoms with E-state index in [1.54, 1.807) is 12.1 Å². The summed E-state index contributed by atoms with van der Waals surface area (Å²) in [6, 6.07) is 9.57. The summed E-state index contributed by atoms with van der Waals surface area (Å²) in [5, 5.41) is 0. The van der Waals surface area contributed by atoms with Crippen molar-refractivity contribution >= 4 is 5.78 Å². The van der Waals surface area contributed by atoms with Crippen molar-refractivity contribution in [2.45, 2.75) is 32.7 Å². The zero-order chi connectivity index (χ0) is 19.2. The van der Waals surface area contributed by atoms with Crippen molar-refractivity contribution in [3.8, 4) is 0 Å². The van der Waals surface area contributed by atoms with Crippen LogP contribution < -0.4 is 0 Å². The van der Waals surface area contributed by atoms with Crippen molar-refractivity contribution in [1.82, 2.24) is 4.98 Å². The fourth-order valence-corrected chi connectivity index (χ4v) is 2.39. The fourth-order valence-electron chi connectivity index (χ4n) is 2.39. The van der Waals surface area contributed by atoms with Gasteiger partial charge in [0.2, 0.25) is 6.29 Å². The molecule has 0 bridgehead atoms. The highest BCUT2D eigenvalue weighted by molar-refractivity contribution is 5.95. The lowest BCUT2D eigenvalue weighted by molar-refractivity contribution is -0.142. The number of alkyl halides is 3. The first-order valence-electron chi connectivity index (χ1n) is 8.24. The molecule has 1 heterocycles. The molecule has 2 rings (SSSR count).